The fraction of sp³-hybridized carbons (Fsp3) is 1.00. The van der Waals surface area contributed by atoms with Crippen molar-refractivity contribution in [1.82, 2.24) is 0 Å². The van der Waals surface area contributed by atoms with Crippen molar-refractivity contribution in [3.05, 3.63) is 0 Å². The normalized spacial score (nSPS) is 8.40. The van der Waals surface area contributed by atoms with Crippen molar-refractivity contribution < 1.29 is 4.84 Å². The Morgan fingerprint density at radius 3 is 2.60 bits per heavy atom. The molecule has 0 saturated carbocycles. The Balaban J connectivity index is 2.19. The smallest absolute Gasteiger partial charge is 0.113 e. The average Bonchev–Trinajstić information content (AvgIpc) is 1.41. The first-order valence-corrected chi connectivity index (χ1v) is 2.62. The molecule has 0 rings (SSSR count). The lowest BCUT2D eigenvalue weighted by atomic mass is 11.7. The maximum Gasteiger partial charge on any atom is 0.113 e. The highest BCUT2D eigenvalue weighted by Crippen LogP contribution is 1.85. The molecule has 0 aromatic rings. The van der Waals surface area contributed by atoms with Crippen molar-refractivity contribution in [2.24, 2.45) is 5.90 Å². The van der Waals surface area contributed by atoms with E-state index < -0.39 is 0 Å². The Labute approximate surface area is 35.6 Å². The molecule has 3 heteroatoms. The topological polar surface area (TPSA) is 35.2 Å². The first-order valence-electron chi connectivity index (χ1n) is 1.22. The van der Waals surface area contributed by atoms with Gasteiger partial charge in [0.15, 0.2) is 0 Å². The summed E-state index contributed by atoms with van der Waals surface area (Å²) in [6.45, 7) is 0. The summed E-state index contributed by atoms with van der Waals surface area (Å²) in [5.74, 6) is 5.20. The van der Waals surface area contributed by atoms with Crippen molar-refractivity contribution in [2.45, 2.75) is 0 Å². The van der Waals surface area contributed by atoms with Crippen LogP contribution in [0, 0.1) is 0 Å². The first-order chi connectivity index (χ1) is 2.41. The largest absolute Gasteiger partial charge is 0.294 e. The third-order valence-corrected chi connectivity index (χ3v) is 0.558. The van der Waals surface area contributed by atoms with E-state index in [0.717, 1.165) is 0 Å². The van der Waals surface area contributed by atoms with E-state index >= 15 is 0 Å². The minimum absolute atomic E-state index is 0.583. The quantitative estimate of drug-likeness (QED) is 0.391. The lowest BCUT2D eigenvalue weighted by Gasteiger charge is -1.84. The molecule has 0 aliphatic carbocycles. The molecule has 0 atom stereocenters. The highest BCUT2D eigenvalue weighted by atomic mass is 32.2. The zero-order valence-electron chi connectivity index (χ0n) is 3.10. The number of hydrogen-bond acceptors (Lipinski definition) is 3. The average molecular weight is 93.2 g/mol. The van der Waals surface area contributed by atoms with E-state index in [1.54, 1.807) is 11.8 Å². The Bertz CT molecular complexity index is 17.1. The van der Waals surface area contributed by atoms with E-state index in [-0.39, 0.29) is 0 Å². The lowest BCUT2D eigenvalue weighted by molar-refractivity contribution is 0.190. The van der Waals surface area contributed by atoms with Crippen LogP contribution in [0.4, 0.5) is 0 Å². The SMILES string of the molecule is CSCON. The van der Waals surface area contributed by atoms with Gasteiger partial charge in [0.25, 0.3) is 0 Å². The lowest BCUT2D eigenvalue weighted by Crippen LogP contribution is -1.95. The summed E-state index contributed by atoms with van der Waals surface area (Å²) in [4.78, 5) is 4.15. The molecule has 0 unspecified atom stereocenters. The Kier molecular flexibility index (Phi) is 4.50. The maximum atomic E-state index is 4.62. The molecular formula is C2H7NOS. The third kappa shape index (κ3) is 4.27. The fourth-order valence-electron chi connectivity index (χ4n) is 0.0680. The molecule has 0 aliphatic rings. The summed E-state index contributed by atoms with van der Waals surface area (Å²) in [5, 5.41) is 0. The molecule has 0 spiro atoms. The number of thioether (sulfide) groups is 1. The molecule has 2 nitrogen and oxygen atoms in total. The van der Waals surface area contributed by atoms with Crippen molar-refractivity contribution in [2.75, 3.05) is 12.2 Å². The number of hydrogen-bond donors (Lipinski definition) is 1. The van der Waals surface area contributed by atoms with Gasteiger partial charge in [-0.25, -0.2) is 5.90 Å². The molecule has 0 aromatic heterocycles. The van der Waals surface area contributed by atoms with Gasteiger partial charge < -0.3 is 0 Å². The number of rotatable bonds is 2. The second-order valence-electron chi connectivity index (χ2n) is 0.573. The van der Waals surface area contributed by atoms with Crippen LogP contribution in [0.3, 0.4) is 0 Å². The molecule has 0 heterocycles. The zero-order valence-corrected chi connectivity index (χ0v) is 3.92. The van der Waals surface area contributed by atoms with Gasteiger partial charge in [-0.05, 0) is 6.26 Å². The number of nitrogens with two attached hydrogens (primary N) is 1. The van der Waals surface area contributed by atoms with Crippen LogP contribution in [0.15, 0.2) is 0 Å². The molecule has 0 aromatic carbocycles. The Morgan fingerprint density at radius 2 is 2.60 bits per heavy atom. The molecular weight excluding hydrogens is 86.1 g/mol. The molecule has 32 valence electrons. The molecule has 0 saturated heterocycles. The van der Waals surface area contributed by atoms with Crippen molar-refractivity contribution in [1.29, 1.82) is 0 Å². The molecule has 0 fully saturated rings. The monoisotopic (exact) mass is 93.0 g/mol. The van der Waals surface area contributed by atoms with Gasteiger partial charge in [-0.3, -0.25) is 4.84 Å². The first kappa shape index (κ1) is 5.27. The summed E-state index contributed by atoms with van der Waals surface area (Å²) in [5.41, 5.74) is 0. The van der Waals surface area contributed by atoms with Gasteiger partial charge in [-0.15, -0.1) is 11.8 Å². The predicted molar refractivity (Wildman–Crippen MR) is 23.7 cm³/mol. The van der Waals surface area contributed by atoms with E-state index in [1.165, 1.54) is 0 Å². The highest BCUT2D eigenvalue weighted by molar-refractivity contribution is 7.98. The second-order valence-corrected chi connectivity index (χ2v) is 1.39. The molecule has 0 aliphatic heterocycles. The summed E-state index contributed by atoms with van der Waals surface area (Å²) in [7, 11) is 0. The van der Waals surface area contributed by atoms with Crippen molar-refractivity contribution in [3.63, 3.8) is 0 Å². The molecule has 0 amide bonds. The molecule has 2 N–H and O–H groups in total. The van der Waals surface area contributed by atoms with Crippen LogP contribution in [0.5, 0.6) is 0 Å². The third-order valence-electron chi connectivity index (χ3n) is 0.186. The molecule has 5 heavy (non-hydrogen) atoms. The van der Waals surface area contributed by atoms with E-state index in [4.69, 9.17) is 0 Å². The maximum absolute atomic E-state index is 4.62. The van der Waals surface area contributed by atoms with Crippen LogP contribution in [0.2, 0.25) is 0 Å². The zero-order chi connectivity index (χ0) is 4.12. The van der Waals surface area contributed by atoms with Crippen molar-refractivity contribution in [3.8, 4) is 0 Å². The van der Waals surface area contributed by atoms with Crippen LogP contribution in [0.25, 0.3) is 0 Å². The summed E-state index contributed by atoms with van der Waals surface area (Å²) in [6, 6.07) is 0. The summed E-state index contributed by atoms with van der Waals surface area (Å²) in [6.07, 6.45) is 1.92. The Hall–Kier alpha value is 0.270. The van der Waals surface area contributed by atoms with Crippen LogP contribution >= 0.6 is 11.8 Å². The van der Waals surface area contributed by atoms with E-state index in [2.05, 4.69) is 10.7 Å². The van der Waals surface area contributed by atoms with Crippen molar-refractivity contribution >= 4 is 11.8 Å². The summed E-state index contributed by atoms with van der Waals surface area (Å²) < 4.78 is 0. The van der Waals surface area contributed by atoms with Gasteiger partial charge in [0.2, 0.25) is 0 Å². The second kappa shape index (κ2) is 4.27. The summed E-state index contributed by atoms with van der Waals surface area (Å²) >= 11 is 1.55. The predicted octanol–water partition coefficient (Wildman–Crippen LogP) is 0.197. The van der Waals surface area contributed by atoms with Gasteiger partial charge in [-0.1, -0.05) is 0 Å². The van der Waals surface area contributed by atoms with E-state index in [1.807, 2.05) is 6.26 Å². The van der Waals surface area contributed by atoms with Crippen LogP contribution in [-0.4, -0.2) is 12.2 Å². The van der Waals surface area contributed by atoms with E-state index in [0.29, 0.717) is 5.94 Å². The van der Waals surface area contributed by atoms with Gasteiger partial charge in [0, 0.05) is 0 Å². The van der Waals surface area contributed by atoms with E-state index in [9.17, 15) is 0 Å². The Morgan fingerprint density at radius 1 is 2.00 bits per heavy atom. The van der Waals surface area contributed by atoms with Gasteiger partial charge in [-0.2, -0.15) is 0 Å². The van der Waals surface area contributed by atoms with Gasteiger partial charge in [0.1, 0.15) is 5.94 Å². The van der Waals surface area contributed by atoms with Crippen LogP contribution in [0.1, 0.15) is 0 Å². The van der Waals surface area contributed by atoms with Gasteiger partial charge in [0.05, 0.1) is 0 Å². The van der Waals surface area contributed by atoms with Gasteiger partial charge >= 0.3 is 0 Å². The van der Waals surface area contributed by atoms with Crippen LogP contribution in [-0.2, 0) is 4.84 Å². The standard InChI is InChI=1S/C2H7NOS/c1-5-2-4-3/h2-3H2,1H3. The molecule has 0 radical (unpaired) electrons. The minimum Gasteiger partial charge on any atom is -0.294 e. The highest BCUT2D eigenvalue weighted by Gasteiger charge is 1.66. The van der Waals surface area contributed by atoms with Crippen LogP contribution < -0.4 is 5.90 Å². The molecule has 0 bridgehead atoms. The minimum atomic E-state index is 0.583. The fourth-order valence-corrected chi connectivity index (χ4v) is 0.204.